The number of carbonyl (C=O) groups excluding carboxylic acids is 2. The molecule has 1 aliphatic carbocycles. The first kappa shape index (κ1) is 18.9. The molecule has 0 radical (unpaired) electrons. The van der Waals surface area contributed by atoms with Crippen LogP contribution < -0.4 is 10.6 Å². The monoisotopic (exact) mass is 377 g/mol. The van der Waals surface area contributed by atoms with Gasteiger partial charge in [-0.1, -0.05) is 0 Å². The number of hydrogen-bond acceptors (Lipinski definition) is 4. The normalized spacial score (nSPS) is 18.2. The highest BCUT2D eigenvalue weighted by atomic mass is 19.3. The molecule has 2 N–H and O–H groups in total. The first-order valence-corrected chi connectivity index (χ1v) is 8.81. The lowest BCUT2D eigenvalue weighted by Gasteiger charge is -2.11. The molecule has 2 amide bonds. The second kappa shape index (κ2) is 8.24. The number of halogens is 2. The van der Waals surface area contributed by atoms with E-state index in [1.807, 2.05) is 12.1 Å². The zero-order valence-corrected chi connectivity index (χ0v) is 14.7. The fraction of sp³-hybridized carbons (Fsp3) is 0.444. The maximum atomic E-state index is 13.1. The summed E-state index contributed by atoms with van der Waals surface area (Å²) in [6.07, 6.45) is 5.81. The average Bonchev–Trinajstić information content (AvgIpc) is 3.24. The summed E-state index contributed by atoms with van der Waals surface area (Å²) in [5.74, 6) is -4.42. The molecule has 2 aromatic rings. The third kappa shape index (κ3) is 5.57. The molecule has 144 valence electrons. The molecular formula is C18H21F2N5O2. The Balaban J connectivity index is 1.42. The zero-order valence-electron chi connectivity index (χ0n) is 14.7. The Kier molecular flexibility index (Phi) is 5.78. The fourth-order valence-electron chi connectivity index (χ4n) is 3.05. The molecule has 0 spiro atoms. The molecule has 0 aromatic carbocycles. The van der Waals surface area contributed by atoms with Gasteiger partial charge in [-0.05, 0) is 36.5 Å². The van der Waals surface area contributed by atoms with Gasteiger partial charge in [0.05, 0.1) is 0 Å². The van der Waals surface area contributed by atoms with E-state index >= 15 is 0 Å². The highest BCUT2D eigenvalue weighted by molar-refractivity contribution is 6.39. The minimum atomic E-state index is -2.67. The topological polar surface area (TPSA) is 88.9 Å². The molecule has 27 heavy (non-hydrogen) atoms. The number of amides is 2. The van der Waals surface area contributed by atoms with Gasteiger partial charge >= 0.3 is 11.8 Å². The van der Waals surface area contributed by atoms with Crippen LogP contribution in [0.5, 0.6) is 0 Å². The van der Waals surface area contributed by atoms with Crippen molar-refractivity contribution in [2.75, 3.05) is 11.9 Å². The van der Waals surface area contributed by atoms with Crippen molar-refractivity contribution in [3.8, 4) is 0 Å². The molecule has 2 heterocycles. The molecule has 1 fully saturated rings. The maximum Gasteiger partial charge on any atom is 0.314 e. The number of rotatable bonds is 6. The third-order valence-electron chi connectivity index (χ3n) is 4.52. The van der Waals surface area contributed by atoms with Crippen LogP contribution in [0.25, 0.3) is 0 Å². The van der Waals surface area contributed by atoms with Crippen molar-refractivity contribution in [2.24, 2.45) is 5.92 Å². The lowest BCUT2D eigenvalue weighted by atomic mass is 10.1. The molecule has 9 heteroatoms. The van der Waals surface area contributed by atoms with Gasteiger partial charge in [-0.2, -0.15) is 5.10 Å². The van der Waals surface area contributed by atoms with Crippen LogP contribution in [0.3, 0.4) is 0 Å². The molecule has 2 aromatic heterocycles. The Morgan fingerprint density at radius 3 is 2.70 bits per heavy atom. The molecule has 1 atom stereocenters. The summed E-state index contributed by atoms with van der Waals surface area (Å²) in [6.45, 7) is 0.685. The highest BCUT2D eigenvalue weighted by Crippen LogP contribution is 2.38. The standard InChI is InChI=1S/C18H21F2N5O2/c19-18(20)6-1-14(11-18)12-22-16(26)17(27)23-15-5-10-25(24-15)9-4-13-2-7-21-8-3-13/h2-3,5,7-8,10,14H,1,4,6,9,11-12H2,(H,22,26)(H,23,24,27). The van der Waals surface area contributed by atoms with Crippen LogP contribution in [0.15, 0.2) is 36.8 Å². The van der Waals surface area contributed by atoms with Crippen molar-refractivity contribution in [2.45, 2.75) is 38.2 Å². The van der Waals surface area contributed by atoms with E-state index in [1.165, 1.54) is 0 Å². The van der Waals surface area contributed by atoms with Crippen LogP contribution >= 0.6 is 0 Å². The van der Waals surface area contributed by atoms with Gasteiger partial charge < -0.3 is 10.6 Å². The largest absolute Gasteiger partial charge is 0.348 e. The smallest absolute Gasteiger partial charge is 0.314 e. The SMILES string of the molecule is O=C(NCC1CCC(F)(F)C1)C(=O)Nc1ccn(CCc2ccncc2)n1. The van der Waals surface area contributed by atoms with Gasteiger partial charge in [0, 0.05) is 50.6 Å². The van der Waals surface area contributed by atoms with Gasteiger partial charge in [0.1, 0.15) is 0 Å². The quantitative estimate of drug-likeness (QED) is 0.754. The summed E-state index contributed by atoms with van der Waals surface area (Å²) in [6, 6.07) is 5.42. The predicted molar refractivity (Wildman–Crippen MR) is 94.1 cm³/mol. The number of aryl methyl sites for hydroxylation is 2. The minimum absolute atomic E-state index is 0.0716. The Hall–Kier alpha value is -2.84. The maximum absolute atomic E-state index is 13.1. The van der Waals surface area contributed by atoms with Crippen LogP contribution in [-0.2, 0) is 22.6 Å². The van der Waals surface area contributed by atoms with E-state index in [0.717, 1.165) is 12.0 Å². The lowest BCUT2D eigenvalue weighted by Crippen LogP contribution is -2.38. The molecule has 0 bridgehead atoms. The predicted octanol–water partition coefficient (Wildman–Crippen LogP) is 2.01. The van der Waals surface area contributed by atoms with Crippen molar-refractivity contribution in [1.82, 2.24) is 20.1 Å². The minimum Gasteiger partial charge on any atom is -0.348 e. The molecule has 0 aliphatic heterocycles. The first-order chi connectivity index (χ1) is 12.9. The second-order valence-corrected chi connectivity index (χ2v) is 6.70. The van der Waals surface area contributed by atoms with E-state index in [9.17, 15) is 18.4 Å². The fourth-order valence-corrected chi connectivity index (χ4v) is 3.05. The van der Waals surface area contributed by atoms with Gasteiger partial charge in [0.15, 0.2) is 5.82 Å². The molecule has 3 rings (SSSR count). The second-order valence-electron chi connectivity index (χ2n) is 6.70. The third-order valence-corrected chi connectivity index (χ3v) is 4.52. The van der Waals surface area contributed by atoms with Crippen molar-refractivity contribution < 1.29 is 18.4 Å². The summed E-state index contributed by atoms with van der Waals surface area (Å²) < 4.78 is 27.9. The van der Waals surface area contributed by atoms with Gasteiger partial charge in [-0.15, -0.1) is 0 Å². The number of nitrogens with one attached hydrogen (secondary N) is 2. The van der Waals surface area contributed by atoms with Gasteiger partial charge in [-0.25, -0.2) is 8.78 Å². The van der Waals surface area contributed by atoms with Crippen LogP contribution in [0.2, 0.25) is 0 Å². The number of alkyl halides is 2. The van der Waals surface area contributed by atoms with Crippen LogP contribution in [0.1, 0.15) is 24.8 Å². The summed E-state index contributed by atoms with van der Waals surface area (Å²) in [5, 5.41) is 9.02. The van der Waals surface area contributed by atoms with Crippen molar-refractivity contribution in [3.63, 3.8) is 0 Å². The van der Waals surface area contributed by atoms with E-state index in [0.29, 0.717) is 13.0 Å². The highest BCUT2D eigenvalue weighted by Gasteiger charge is 2.39. The van der Waals surface area contributed by atoms with Crippen molar-refractivity contribution >= 4 is 17.6 Å². The molecule has 0 saturated heterocycles. The van der Waals surface area contributed by atoms with E-state index in [2.05, 4.69) is 20.7 Å². The first-order valence-electron chi connectivity index (χ1n) is 8.81. The van der Waals surface area contributed by atoms with Crippen molar-refractivity contribution in [3.05, 3.63) is 42.4 Å². The molecule has 1 aliphatic rings. The van der Waals surface area contributed by atoms with Crippen molar-refractivity contribution in [1.29, 1.82) is 0 Å². The van der Waals surface area contributed by atoms with Crippen LogP contribution in [0.4, 0.5) is 14.6 Å². The van der Waals surface area contributed by atoms with E-state index in [1.54, 1.807) is 29.3 Å². The lowest BCUT2D eigenvalue weighted by molar-refractivity contribution is -0.136. The molecule has 1 saturated carbocycles. The Labute approximate surface area is 155 Å². The summed E-state index contributed by atoms with van der Waals surface area (Å²) in [5.41, 5.74) is 1.11. The van der Waals surface area contributed by atoms with Gasteiger partial charge in [-0.3, -0.25) is 19.3 Å². The zero-order chi connectivity index (χ0) is 19.3. The van der Waals surface area contributed by atoms with Crippen LogP contribution in [0, 0.1) is 5.92 Å². The summed E-state index contributed by atoms with van der Waals surface area (Å²) in [7, 11) is 0. The van der Waals surface area contributed by atoms with Crippen LogP contribution in [-0.4, -0.2) is 39.0 Å². The van der Waals surface area contributed by atoms with E-state index < -0.39 is 17.7 Å². The molecular weight excluding hydrogens is 356 g/mol. The van der Waals surface area contributed by atoms with Gasteiger partial charge in [0.2, 0.25) is 5.92 Å². The Morgan fingerprint density at radius 1 is 1.22 bits per heavy atom. The Morgan fingerprint density at radius 2 is 2.00 bits per heavy atom. The summed E-state index contributed by atoms with van der Waals surface area (Å²) in [4.78, 5) is 27.7. The average molecular weight is 377 g/mol. The number of aromatic nitrogens is 3. The van der Waals surface area contributed by atoms with E-state index in [-0.39, 0.29) is 31.1 Å². The molecule has 7 nitrogen and oxygen atoms in total. The van der Waals surface area contributed by atoms with Gasteiger partial charge in [0.25, 0.3) is 0 Å². The Bertz CT molecular complexity index is 794. The number of pyridine rings is 1. The number of anilines is 1. The number of carbonyl (C=O) groups is 2. The number of hydrogen-bond donors (Lipinski definition) is 2. The number of nitrogens with zero attached hydrogens (tertiary/aromatic N) is 3. The van der Waals surface area contributed by atoms with E-state index in [4.69, 9.17) is 0 Å². The molecule has 1 unspecified atom stereocenters. The summed E-state index contributed by atoms with van der Waals surface area (Å²) >= 11 is 0.